The molecule has 3 rings (SSSR count). The second kappa shape index (κ2) is 11.7. The Morgan fingerprint density at radius 2 is 1.97 bits per heavy atom. The topological polar surface area (TPSA) is 69.1 Å². The van der Waals surface area contributed by atoms with E-state index in [4.69, 9.17) is 4.74 Å². The van der Waals surface area contributed by atoms with Crippen LogP contribution in [0.1, 0.15) is 23.5 Å². The maximum absolute atomic E-state index is 10.6. The number of guanidine groups is 1. The van der Waals surface area contributed by atoms with Crippen LogP contribution in [0.5, 0.6) is 5.75 Å². The first kappa shape index (κ1) is 23.1. The minimum atomic E-state index is -0.588. The van der Waals surface area contributed by atoms with E-state index >= 15 is 0 Å². The van der Waals surface area contributed by atoms with Gasteiger partial charge in [0.15, 0.2) is 5.96 Å². The third-order valence-corrected chi connectivity index (χ3v) is 5.92. The van der Waals surface area contributed by atoms with Gasteiger partial charge in [0.1, 0.15) is 18.5 Å². The van der Waals surface area contributed by atoms with Crippen molar-refractivity contribution in [2.24, 2.45) is 4.99 Å². The molecule has 6 nitrogen and oxygen atoms in total. The second-order valence-corrected chi connectivity index (χ2v) is 8.69. The zero-order valence-electron chi connectivity index (χ0n) is 18.5. The number of nitrogens with one attached hydrogen (secondary N) is 2. The largest absolute Gasteiger partial charge is 0.492 e. The number of aliphatic hydroxyl groups excluding tert-OH is 1. The summed E-state index contributed by atoms with van der Waals surface area (Å²) in [6, 6.07) is 18.3. The number of thiophene rings is 1. The van der Waals surface area contributed by atoms with E-state index in [2.05, 4.69) is 38.7 Å². The van der Waals surface area contributed by atoms with E-state index in [0.717, 1.165) is 34.7 Å². The molecule has 7 heteroatoms. The third-order valence-electron chi connectivity index (χ3n) is 4.71. The summed E-state index contributed by atoms with van der Waals surface area (Å²) in [6.45, 7) is 5.22. The average molecular weight is 441 g/mol. The van der Waals surface area contributed by atoms with Crippen molar-refractivity contribution in [2.75, 3.05) is 40.3 Å². The molecule has 31 heavy (non-hydrogen) atoms. The molecule has 1 unspecified atom stereocenters. The fraction of sp³-hybridized carbons (Fsp3) is 0.375. The van der Waals surface area contributed by atoms with Crippen LogP contribution in [0.15, 0.2) is 59.6 Å². The molecule has 1 aromatic heterocycles. The van der Waals surface area contributed by atoms with E-state index in [1.165, 1.54) is 4.70 Å². The van der Waals surface area contributed by atoms with Crippen LogP contribution < -0.4 is 15.4 Å². The number of nitrogens with zero attached hydrogens (tertiary/aromatic N) is 2. The highest BCUT2D eigenvalue weighted by molar-refractivity contribution is 7.19. The molecule has 2 aromatic carbocycles. The summed E-state index contributed by atoms with van der Waals surface area (Å²) in [5.41, 5.74) is 1.07. The van der Waals surface area contributed by atoms with Crippen molar-refractivity contribution in [2.45, 2.75) is 19.6 Å². The number of fused-ring (bicyclic) bond motifs is 1. The summed E-state index contributed by atoms with van der Waals surface area (Å²) < 4.78 is 7.00. The molecule has 0 bridgehead atoms. The monoisotopic (exact) mass is 440 g/mol. The lowest BCUT2D eigenvalue weighted by Crippen LogP contribution is -2.39. The Kier molecular flexibility index (Phi) is 8.70. The molecule has 0 aliphatic rings. The molecule has 0 saturated heterocycles. The van der Waals surface area contributed by atoms with Gasteiger partial charge in [0, 0.05) is 29.2 Å². The van der Waals surface area contributed by atoms with E-state index in [9.17, 15) is 5.11 Å². The van der Waals surface area contributed by atoms with Gasteiger partial charge in [-0.3, -0.25) is 0 Å². The van der Waals surface area contributed by atoms with Crippen molar-refractivity contribution < 1.29 is 9.84 Å². The second-order valence-electron chi connectivity index (χ2n) is 7.58. The molecule has 0 amide bonds. The van der Waals surface area contributed by atoms with Crippen LogP contribution in [-0.2, 0) is 6.54 Å². The van der Waals surface area contributed by atoms with Crippen LogP contribution in [-0.4, -0.2) is 56.3 Å². The molecule has 0 spiro atoms. The van der Waals surface area contributed by atoms with Crippen LogP contribution in [0.3, 0.4) is 0 Å². The van der Waals surface area contributed by atoms with Crippen LogP contribution in [0.4, 0.5) is 0 Å². The average Bonchev–Trinajstić information content (AvgIpc) is 3.20. The van der Waals surface area contributed by atoms with Gasteiger partial charge < -0.3 is 25.4 Å². The summed E-state index contributed by atoms with van der Waals surface area (Å²) in [5, 5.41) is 18.3. The summed E-state index contributed by atoms with van der Waals surface area (Å²) in [4.78, 5) is 7.71. The number of aliphatic hydroxyl groups is 1. The first-order chi connectivity index (χ1) is 15.0. The molecule has 0 radical (unpaired) electrons. The van der Waals surface area contributed by atoms with Crippen molar-refractivity contribution in [3.8, 4) is 5.75 Å². The molecule has 0 aliphatic carbocycles. The van der Waals surface area contributed by atoms with E-state index in [1.807, 2.05) is 57.4 Å². The van der Waals surface area contributed by atoms with Gasteiger partial charge in [-0.2, -0.15) is 0 Å². The predicted octanol–water partition coefficient (Wildman–Crippen LogP) is 3.63. The van der Waals surface area contributed by atoms with Crippen LogP contribution in [0, 0.1) is 0 Å². The number of likely N-dealkylation sites (N-methyl/N-ethyl adjacent to an activating group) is 1. The van der Waals surface area contributed by atoms with E-state index in [-0.39, 0.29) is 0 Å². The van der Waals surface area contributed by atoms with Gasteiger partial charge in [0.2, 0.25) is 0 Å². The van der Waals surface area contributed by atoms with Gasteiger partial charge in [0.05, 0.1) is 6.54 Å². The Labute approximate surface area is 188 Å². The molecule has 3 N–H and O–H groups in total. The maximum Gasteiger partial charge on any atom is 0.191 e. The summed E-state index contributed by atoms with van der Waals surface area (Å²) in [5.74, 6) is 1.54. The predicted molar refractivity (Wildman–Crippen MR) is 130 cm³/mol. The SMILES string of the molecule is CCNC(=NCc1cccc(OCCN(C)C)c1)NCC(O)c1cc2ccccc2s1. The Morgan fingerprint density at radius 3 is 2.74 bits per heavy atom. The number of hydrogen-bond donors (Lipinski definition) is 3. The standard InChI is InChI=1S/C24H32N4O2S/c1-4-25-24(26-16-18-8-7-10-20(14-18)30-13-12-28(2)3)27-17-21(29)23-15-19-9-5-6-11-22(19)31-23/h5-11,14-15,21,29H,4,12-13,16-17H2,1-3H3,(H2,25,26,27). The zero-order valence-corrected chi connectivity index (χ0v) is 19.3. The lowest BCUT2D eigenvalue weighted by atomic mass is 10.2. The first-order valence-electron chi connectivity index (χ1n) is 10.6. The Morgan fingerprint density at radius 1 is 1.13 bits per heavy atom. The van der Waals surface area contributed by atoms with Crippen LogP contribution in [0.2, 0.25) is 0 Å². The first-order valence-corrected chi connectivity index (χ1v) is 11.4. The number of hydrogen-bond acceptors (Lipinski definition) is 5. The van der Waals surface area contributed by atoms with Gasteiger partial charge in [-0.25, -0.2) is 4.99 Å². The number of ether oxygens (including phenoxy) is 1. The van der Waals surface area contributed by atoms with Gasteiger partial charge in [-0.1, -0.05) is 30.3 Å². The van der Waals surface area contributed by atoms with Crippen molar-refractivity contribution >= 4 is 27.4 Å². The van der Waals surface area contributed by atoms with E-state index in [0.29, 0.717) is 25.7 Å². The molecule has 0 aliphatic heterocycles. The molecule has 0 saturated carbocycles. The lowest BCUT2D eigenvalue weighted by molar-refractivity contribution is 0.184. The Bertz CT molecular complexity index is 953. The highest BCUT2D eigenvalue weighted by Gasteiger charge is 2.12. The van der Waals surface area contributed by atoms with Crippen molar-refractivity contribution in [3.05, 3.63) is 65.0 Å². The van der Waals surface area contributed by atoms with Gasteiger partial charge >= 0.3 is 0 Å². The van der Waals surface area contributed by atoms with Gasteiger partial charge in [-0.15, -0.1) is 11.3 Å². The van der Waals surface area contributed by atoms with Gasteiger partial charge in [-0.05, 0) is 56.2 Å². The van der Waals surface area contributed by atoms with E-state index < -0.39 is 6.10 Å². The summed E-state index contributed by atoms with van der Waals surface area (Å²) in [6.07, 6.45) is -0.588. The quantitative estimate of drug-likeness (QED) is 0.332. The minimum Gasteiger partial charge on any atom is -0.492 e. The van der Waals surface area contributed by atoms with Crippen molar-refractivity contribution in [1.82, 2.24) is 15.5 Å². The van der Waals surface area contributed by atoms with Crippen LogP contribution in [0.25, 0.3) is 10.1 Å². The summed E-state index contributed by atoms with van der Waals surface area (Å²) in [7, 11) is 4.06. The zero-order chi connectivity index (χ0) is 22.1. The highest BCUT2D eigenvalue weighted by atomic mass is 32.1. The number of rotatable bonds is 10. The Hall–Kier alpha value is -2.61. The number of aliphatic imine (C=N–C) groups is 1. The smallest absolute Gasteiger partial charge is 0.191 e. The molecule has 0 fully saturated rings. The van der Waals surface area contributed by atoms with Gasteiger partial charge in [0.25, 0.3) is 0 Å². The normalized spacial score (nSPS) is 12.9. The van der Waals surface area contributed by atoms with Crippen molar-refractivity contribution in [1.29, 1.82) is 0 Å². The van der Waals surface area contributed by atoms with Crippen LogP contribution >= 0.6 is 11.3 Å². The highest BCUT2D eigenvalue weighted by Crippen LogP contribution is 2.29. The number of benzene rings is 2. The third kappa shape index (κ3) is 7.24. The maximum atomic E-state index is 10.6. The van der Waals surface area contributed by atoms with E-state index in [1.54, 1.807) is 11.3 Å². The molecule has 166 valence electrons. The molecule has 3 aromatic rings. The van der Waals surface area contributed by atoms with Crippen molar-refractivity contribution in [3.63, 3.8) is 0 Å². The minimum absolute atomic E-state index is 0.395. The Balaban J connectivity index is 1.57. The summed E-state index contributed by atoms with van der Waals surface area (Å²) >= 11 is 1.62. The molecule has 1 heterocycles. The fourth-order valence-electron chi connectivity index (χ4n) is 3.05. The molecule has 1 atom stereocenters. The lowest BCUT2D eigenvalue weighted by Gasteiger charge is -2.14. The molecular formula is C24H32N4O2S. The fourth-order valence-corrected chi connectivity index (χ4v) is 4.10. The molecular weight excluding hydrogens is 408 g/mol.